The molecule has 1 heterocycles. The summed E-state index contributed by atoms with van der Waals surface area (Å²) < 4.78 is 11.2. The maximum Gasteiger partial charge on any atom is 0.217 e. The lowest BCUT2D eigenvalue weighted by molar-refractivity contribution is -0.119. The van der Waals surface area contributed by atoms with Gasteiger partial charge in [-0.25, -0.2) is 0 Å². The fourth-order valence-corrected chi connectivity index (χ4v) is 3.18. The lowest BCUT2D eigenvalue weighted by Crippen LogP contribution is -2.27. The molecule has 0 bridgehead atoms. The molecule has 1 N–H and O–H groups in total. The summed E-state index contributed by atoms with van der Waals surface area (Å²) in [7, 11) is 0. The summed E-state index contributed by atoms with van der Waals surface area (Å²) in [6, 6.07) is 10.4. The van der Waals surface area contributed by atoms with Crippen LogP contribution in [0.3, 0.4) is 0 Å². The van der Waals surface area contributed by atoms with Gasteiger partial charge in [-0.1, -0.05) is 30.6 Å². The summed E-state index contributed by atoms with van der Waals surface area (Å²) in [5, 5.41) is 6.85. The minimum atomic E-state index is -0.0680. The average Bonchev–Trinajstić information content (AvgIpc) is 3.02. The van der Waals surface area contributed by atoms with Crippen molar-refractivity contribution in [1.82, 2.24) is 10.5 Å². The molecule has 25 heavy (non-hydrogen) atoms. The topological polar surface area (TPSA) is 64.4 Å². The molecular formula is C20H26N2O3. The molecule has 1 aromatic heterocycles. The minimum Gasteiger partial charge on any atom is -0.493 e. The van der Waals surface area contributed by atoms with Crippen LogP contribution in [0.1, 0.15) is 56.0 Å². The normalized spacial score (nSPS) is 19.3. The van der Waals surface area contributed by atoms with E-state index in [1.165, 1.54) is 12.5 Å². The molecule has 134 valence electrons. The zero-order valence-electron chi connectivity index (χ0n) is 15.0. The minimum absolute atomic E-state index is 0.0680. The standard InChI is InChI=1S/C20H26N2O3/c1-3-4-15-5-7-18(8-6-15)24-13-16-9-17(10-16)20-11-19(25-22-20)12-21-14(2)23/h5-8,11,16-17H,3-4,9-10,12-13H2,1-2H3,(H,21,23). The van der Waals surface area contributed by atoms with Crippen molar-refractivity contribution >= 4 is 5.91 Å². The molecule has 1 aromatic carbocycles. The summed E-state index contributed by atoms with van der Waals surface area (Å²) in [4.78, 5) is 10.9. The molecule has 1 aliphatic rings. The molecule has 2 aromatic rings. The highest BCUT2D eigenvalue weighted by atomic mass is 16.5. The van der Waals surface area contributed by atoms with E-state index in [0.29, 0.717) is 24.1 Å². The van der Waals surface area contributed by atoms with Crippen molar-refractivity contribution < 1.29 is 14.1 Å². The van der Waals surface area contributed by atoms with Crippen LogP contribution in [0, 0.1) is 5.92 Å². The highest BCUT2D eigenvalue weighted by Crippen LogP contribution is 2.41. The molecule has 3 rings (SSSR count). The number of benzene rings is 1. The van der Waals surface area contributed by atoms with Crippen LogP contribution in [-0.2, 0) is 17.8 Å². The average molecular weight is 342 g/mol. The lowest BCUT2D eigenvalue weighted by atomic mass is 9.73. The fraction of sp³-hybridized carbons (Fsp3) is 0.500. The van der Waals surface area contributed by atoms with E-state index in [2.05, 4.69) is 41.7 Å². The van der Waals surface area contributed by atoms with Gasteiger partial charge in [-0.2, -0.15) is 0 Å². The molecule has 1 aliphatic carbocycles. The molecule has 5 heteroatoms. The van der Waals surface area contributed by atoms with Crippen LogP contribution in [-0.4, -0.2) is 17.7 Å². The van der Waals surface area contributed by atoms with Gasteiger partial charge in [0.15, 0.2) is 5.76 Å². The van der Waals surface area contributed by atoms with Crippen molar-refractivity contribution in [3.63, 3.8) is 0 Å². The Morgan fingerprint density at radius 2 is 2.08 bits per heavy atom. The van der Waals surface area contributed by atoms with Crippen molar-refractivity contribution in [3.8, 4) is 5.75 Å². The van der Waals surface area contributed by atoms with Crippen molar-refractivity contribution in [3.05, 3.63) is 47.3 Å². The molecular weight excluding hydrogens is 316 g/mol. The van der Waals surface area contributed by atoms with Gasteiger partial charge in [0.1, 0.15) is 5.75 Å². The first-order chi connectivity index (χ1) is 12.1. The molecule has 1 saturated carbocycles. The smallest absolute Gasteiger partial charge is 0.217 e. The van der Waals surface area contributed by atoms with Gasteiger partial charge in [-0.15, -0.1) is 0 Å². The van der Waals surface area contributed by atoms with Crippen LogP contribution < -0.4 is 10.1 Å². The zero-order chi connectivity index (χ0) is 17.6. The third-order valence-corrected chi connectivity index (χ3v) is 4.69. The number of carbonyl (C=O) groups excluding carboxylic acids is 1. The van der Waals surface area contributed by atoms with E-state index in [-0.39, 0.29) is 5.91 Å². The fourth-order valence-electron chi connectivity index (χ4n) is 3.18. The van der Waals surface area contributed by atoms with E-state index in [1.54, 1.807) is 0 Å². The number of nitrogens with zero attached hydrogens (tertiary/aromatic N) is 1. The maximum absolute atomic E-state index is 10.9. The summed E-state index contributed by atoms with van der Waals surface area (Å²) in [6.07, 6.45) is 4.42. The first-order valence-electron chi connectivity index (χ1n) is 9.05. The Balaban J connectivity index is 1.40. The molecule has 1 amide bonds. The van der Waals surface area contributed by atoms with Crippen molar-refractivity contribution in [2.75, 3.05) is 6.61 Å². The first-order valence-corrected chi connectivity index (χ1v) is 9.05. The summed E-state index contributed by atoms with van der Waals surface area (Å²) in [6.45, 7) is 4.83. The zero-order valence-corrected chi connectivity index (χ0v) is 15.0. The SMILES string of the molecule is CCCc1ccc(OCC2CC(c3cc(CNC(C)=O)on3)C2)cc1. The Labute approximate surface area is 148 Å². The van der Waals surface area contributed by atoms with Gasteiger partial charge in [-0.3, -0.25) is 4.79 Å². The molecule has 5 nitrogen and oxygen atoms in total. The third-order valence-electron chi connectivity index (χ3n) is 4.69. The monoisotopic (exact) mass is 342 g/mol. The number of amides is 1. The Kier molecular flexibility index (Phi) is 5.74. The van der Waals surface area contributed by atoms with E-state index in [4.69, 9.17) is 9.26 Å². The van der Waals surface area contributed by atoms with Gasteiger partial charge < -0.3 is 14.6 Å². The van der Waals surface area contributed by atoms with Crippen molar-refractivity contribution in [2.24, 2.45) is 5.92 Å². The number of ether oxygens (including phenoxy) is 1. The molecule has 0 radical (unpaired) electrons. The second-order valence-electron chi connectivity index (χ2n) is 6.87. The van der Waals surface area contributed by atoms with Crippen molar-refractivity contribution in [2.45, 2.75) is 52.0 Å². The number of aryl methyl sites for hydroxylation is 1. The molecule has 1 fully saturated rings. The number of carbonyl (C=O) groups is 1. The molecule has 0 saturated heterocycles. The predicted octanol–water partition coefficient (Wildman–Crippen LogP) is 3.84. The van der Waals surface area contributed by atoms with Gasteiger partial charge >= 0.3 is 0 Å². The number of rotatable bonds is 8. The largest absolute Gasteiger partial charge is 0.493 e. The van der Waals surface area contributed by atoms with Crippen LogP contribution in [0.2, 0.25) is 0 Å². The molecule has 0 atom stereocenters. The lowest BCUT2D eigenvalue weighted by Gasteiger charge is -2.33. The predicted molar refractivity (Wildman–Crippen MR) is 95.4 cm³/mol. The quantitative estimate of drug-likeness (QED) is 0.792. The Morgan fingerprint density at radius 1 is 1.32 bits per heavy atom. The number of hydrogen-bond donors (Lipinski definition) is 1. The number of hydrogen-bond acceptors (Lipinski definition) is 4. The highest BCUT2D eigenvalue weighted by Gasteiger charge is 2.33. The van der Waals surface area contributed by atoms with E-state index < -0.39 is 0 Å². The van der Waals surface area contributed by atoms with E-state index in [0.717, 1.165) is 43.7 Å². The van der Waals surface area contributed by atoms with Crippen LogP contribution in [0.15, 0.2) is 34.9 Å². The van der Waals surface area contributed by atoms with E-state index in [9.17, 15) is 4.79 Å². The van der Waals surface area contributed by atoms with Gasteiger partial charge in [-0.05, 0) is 42.9 Å². The Hall–Kier alpha value is -2.30. The van der Waals surface area contributed by atoms with Gasteiger partial charge in [0.25, 0.3) is 0 Å². The summed E-state index contributed by atoms with van der Waals surface area (Å²) in [5.41, 5.74) is 2.35. The number of aromatic nitrogens is 1. The van der Waals surface area contributed by atoms with Crippen LogP contribution in [0.5, 0.6) is 5.75 Å². The molecule has 0 spiro atoms. The van der Waals surface area contributed by atoms with Gasteiger partial charge in [0.2, 0.25) is 5.91 Å². The van der Waals surface area contributed by atoms with Crippen LogP contribution in [0.25, 0.3) is 0 Å². The summed E-state index contributed by atoms with van der Waals surface area (Å²) >= 11 is 0. The molecule has 0 aliphatic heterocycles. The molecule has 0 unspecified atom stereocenters. The van der Waals surface area contributed by atoms with E-state index in [1.807, 2.05) is 6.07 Å². The van der Waals surface area contributed by atoms with Gasteiger partial charge in [0, 0.05) is 18.9 Å². The van der Waals surface area contributed by atoms with Gasteiger partial charge in [0.05, 0.1) is 18.8 Å². The van der Waals surface area contributed by atoms with Crippen LogP contribution >= 0.6 is 0 Å². The first kappa shape index (κ1) is 17.5. The highest BCUT2D eigenvalue weighted by molar-refractivity contribution is 5.72. The maximum atomic E-state index is 10.9. The van der Waals surface area contributed by atoms with E-state index >= 15 is 0 Å². The number of nitrogens with one attached hydrogen (secondary N) is 1. The second-order valence-corrected chi connectivity index (χ2v) is 6.87. The second kappa shape index (κ2) is 8.19. The Morgan fingerprint density at radius 3 is 2.76 bits per heavy atom. The Bertz CT molecular complexity index is 687. The summed E-state index contributed by atoms with van der Waals surface area (Å²) in [5.74, 6) is 2.59. The van der Waals surface area contributed by atoms with Crippen molar-refractivity contribution in [1.29, 1.82) is 0 Å². The van der Waals surface area contributed by atoms with Crippen LogP contribution in [0.4, 0.5) is 0 Å². The third kappa shape index (κ3) is 4.84.